The predicted molar refractivity (Wildman–Crippen MR) is 102 cm³/mol. The average molecular weight is 424 g/mol. The summed E-state index contributed by atoms with van der Waals surface area (Å²) in [6.07, 6.45) is -3.32. The van der Waals surface area contributed by atoms with Gasteiger partial charge in [0.15, 0.2) is 0 Å². The lowest BCUT2D eigenvalue weighted by molar-refractivity contribution is -0.137. The first kappa shape index (κ1) is 20.6. The molecule has 0 aliphatic heterocycles. The van der Waals surface area contributed by atoms with E-state index in [-0.39, 0.29) is 12.2 Å². The maximum atomic E-state index is 13.1. The number of carbonyl (C=O) groups excluding carboxylic acids is 1. The summed E-state index contributed by atoms with van der Waals surface area (Å²) in [4.78, 5) is 16.5. The van der Waals surface area contributed by atoms with Crippen LogP contribution in [-0.4, -0.2) is 11.0 Å². The van der Waals surface area contributed by atoms with E-state index in [0.29, 0.717) is 16.7 Å². The SMILES string of the molecule is NC(=O)N(Cc1cccc(-c2ccc(F)nc2)c1)c1ccc(Cl)c(C(F)(F)F)c1. The maximum Gasteiger partial charge on any atom is 0.417 e. The van der Waals surface area contributed by atoms with Crippen LogP contribution in [0, 0.1) is 5.95 Å². The van der Waals surface area contributed by atoms with E-state index in [1.807, 2.05) is 0 Å². The minimum atomic E-state index is -4.67. The lowest BCUT2D eigenvalue weighted by atomic mass is 10.0. The molecule has 29 heavy (non-hydrogen) atoms. The Balaban J connectivity index is 1.94. The zero-order valence-corrected chi connectivity index (χ0v) is 15.5. The number of urea groups is 1. The molecule has 1 heterocycles. The normalized spacial score (nSPS) is 11.3. The zero-order chi connectivity index (χ0) is 21.2. The molecule has 150 valence electrons. The van der Waals surface area contributed by atoms with Gasteiger partial charge in [0.2, 0.25) is 5.95 Å². The van der Waals surface area contributed by atoms with Crippen molar-refractivity contribution >= 4 is 23.3 Å². The Morgan fingerprint density at radius 2 is 1.83 bits per heavy atom. The summed E-state index contributed by atoms with van der Waals surface area (Å²) in [5, 5.41) is -0.475. The van der Waals surface area contributed by atoms with E-state index in [1.54, 1.807) is 30.3 Å². The number of rotatable bonds is 4. The molecule has 0 atom stereocenters. The summed E-state index contributed by atoms with van der Waals surface area (Å²) >= 11 is 5.64. The molecule has 0 unspecified atom stereocenters. The van der Waals surface area contributed by atoms with Crippen molar-refractivity contribution < 1.29 is 22.4 Å². The molecule has 0 bridgehead atoms. The molecular weight excluding hydrogens is 410 g/mol. The highest BCUT2D eigenvalue weighted by molar-refractivity contribution is 6.31. The van der Waals surface area contributed by atoms with Gasteiger partial charge in [0.05, 0.1) is 17.1 Å². The number of nitrogens with zero attached hydrogens (tertiary/aromatic N) is 2. The molecule has 3 aromatic rings. The first-order chi connectivity index (χ1) is 13.6. The molecule has 2 N–H and O–H groups in total. The zero-order valence-electron chi connectivity index (χ0n) is 14.8. The summed E-state index contributed by atoms with van der Waals surface area (Å²) in [6.45, 7) is -0.0727. The highest BCUT2D eigenvalue weighted by Crippen LogP contribution is 2.37. The number of carbonyl (C=O) groups is 1. The second kappa shape index (κ2) is 8.08. The first-order valence-electron chi connectivity index (χ1n) is 8.30. The topological polar surface area (TPSA) is 59.2 Å². The minimum absolute atomic E-state index is 0.0388. The Hall–Kier alpha value is -3.13. The number of hydrogen-bond donors (Lipinski definition) is 1. The van der Waals surface area contributed by atoms with Gasteiger partial charge in [-0.2, -0.15) is 17.6 Å². The van der Waals surface area contributed by atoms with Crippen molar-refractivity contribution in [3.8, 4) is 11.1 Å². The Kier molecular flexibility index (Phi) is 5.74. The number of anilines is 1. The van der Waals surface area contributed by atoms with Gasteiger partial charge < -0.3 is 5.73 Å². The Labute approximate surface area is 168 Å². The van der Waals surface area contributed by atoms with Crippen LogP contribution in [0.3, 0.4) is 0 Å². The van der Waals surface area contributed by atoms with Crippen LogP contribution in [0.1, 0.15) is 11.1 Å². The third-order valence-corrected chi connectivity index (χ3v) is 4.49. The molecule has 0 aliphatic rings. The second-order valence-electron chi connectivity index (χ2n) is 6.16. The highest BCUT2D eigenvalue weighted by atomic mass is 35.5. The Bertz CT molecular complexity index is 1040. The third-order valence-electron chi connectivity index (χ3n) is 4.16. The molecule has 0 aliphatic carbocycles. The molecule has 2 aromatic carbocycles. The molecule has 9 heteroatoms. The van der Waals surface area contributed by atoms with Gasteiger partial charge in [-0.05, 0) is 47.5 Å². The molecule has 0 fully saturated rings. The van der Waals surface area contributed by atoms with Gasteiger partial charge in [-0.25, -0.2) is 9.78 Å². The summed E-state index contributed by atoms with van der Waals surface area (Å²) in [7, 11) is 0. The largest absolute Gasteiger partial charge is 0.417 e. The second-order valence-corrected chi connectivity index (χ2v) is 6.56. The van der Waals surface area contributed by atoms with Crippen molar-refractivity contribution in [2.24, 2.45) is 5.73 Å². The monoisotopic (exact) mass is 423 g/mol. The van der Waals surface area contributed by atoms with Crippen molar-refractivity contribution in [3.05, 3.63) is 82.9 Å². The molecular formula is C20H14ClF4N3O. The molecule has 4 nitrogen and oxygen atoms in total. The van der Waals surface area contributed by atoms with Crippen molar-refractivity contribution in [2.75, 3.05) is 4.90 Å². The molecule has 2 amide bonds. The van der Waals surface area contributed by atoms with Gasteiger partial charge in [0.25, 0.3) is 0 Å². The fraction of sp³-hybridized carbons (Fsp3) is 0.100. The predicted octanol–water partition coefficient (Wildman–Crippen LogP) is 5.65. The van der Waals surface area contributed by atoms with E-state index in [0.717, 1.165) is 17.0 Å². The van der Waals surface area contributed by atoms with Gasteiger partial charge in [0.1, 0.15) is 0 Å². The van der Waals surface area contributed by atoms with Crippen molar-refractivity contribution in [1.82, 2.24) is 4.98 Å². The number of alkyl halides is 3. The molecule has 0 spiro atoms. The lowest BCUT2D eigenvalue weighted by Crippen LogP contribution is -2.35. The maximum absolute atomic E-state index is 13.1. The van der Waals surface area contributed by atoms with Gasteiger partial charge in [-0.1, -0.05) is 29.8 Å². The number of benzene rings is 2. The van der Waals surface area contributed by atoms with Crippen LogP contribution in [0.15, 0.2) is 60.8 Å². The van der Waals surface area contributed by atoms with Gasteiger partial charge >= 0.3 is 12.2 Å². The summed E-state index contributed by atoms with van der Waals surface area (Å²) in [5.74, 6) is -0.618. The van der Waals surface area contributed by atoms with Crippen molar-refractivity contribution in [2.45, 2.75) is 12.7 Å². The van der Waals surface area contributed by atoms with E-state index in [4.69, 9.17) is 17.3 Å². The number of pyridine rings is 1. The van der Waals surface area contributed by atoms with Crippen LogP contribution >= 0.6 is 11.6 Å². The van der Waals surface area contributed by atoms with Crippen molar-refractivity contribution in [3.63, 3.8) is 0 Å². The quantitative estimate of drug-likeness (QED) is 0.435. The third kappa shape index (κ3) is 4.83. The number of primary amides is 1. The number of halogens is 5. The fourth-order valence-electron chi connectivity index (χ4n) is 2.77. The molecule has 0 radical (unpaired) electrons. The minimum Gasteiger partial charge on any atom is -0.351 e. The number of hydrogen-bond acceptors (Lipinski definition) is 2. The van der Waals surface area contributed by atoms with Crippen LogP contribution in [0.2, 0.25) is 5.02 Å². The van der Waals surface area contributed by atoms with E-state index >= 15 is 0 Å². The summed E-state index contributed by atoms with van der Waals surface area (Å²) in [6, 6.07) is 11.8. The summed E-state index contributed by atoms with van der Waals surface area (Å²) < 4.78 is 52.4. The fourth-order valence-corrected chi connectivity index (χ4v) is 3.00. The Morgan fingerprint density at radius 3 is 2.45 bits per heavy atom. The van der Waals surface area contributed by atoms with Crippen LogP contribution < -0.4 is 10.6 Å². The van der Waals surface area contributed by atoms with Gasteiger partial charge in [0, 0.05) is 17.4 Å². The average Bonchev–Trinajstić information content (AvgIpc) is 2.66. The number of amides is 2. The van der Waals surface area contributed by atoms with E-state index in [9.17, 15) is 22.4 Å². The Morgan fingerprint density at radius 1 is 1.07 bits per heavy atom. The smallest absolute Gasteiger partial charge is 0.351 e. The van der Waals surface area contributed by atoms with Crippen LogP contribution in [0.4, 0.5) is 28.0 Å². The van der Waals surface area contributed by atoms with E-state index in [1.165, 1.54) is 18.3 Å². The van der Waals surface area contributed by atoms with E-state index < -0.39 is 28.7 Å². The van der Waals surface area contributed by atoms with Crippen LogP contribution in [-0.2, 0) is 12.7 Å². The number of nitrogens with two attached hydrogens (primary N) is 1. The summed E-state index contributed by atoms with van der Waals surface area (Å²) in [5.41, 5.74) is 6.25. The molecule has 1 aromatic heterocycles. The van der Waals surface area contributed by atoms with Gasteiger partial charge in [-0.15, -0.1) is 0 Å². The molecule has 3 rings (SSSR count). The lowest BCUT2D eigenvalue weighted by Gasteiger charge is -2.22. The molecule has 0 saturated heterocycles. The van der Waals surface area contributed by atoms with Crippen molar-refractivity contribution in [1.29, 1.82) is 0 Å². The highest BCUT2D eigenvalue weighted by Gasteiger charge is 2.34. The van der Waals surface area contributed by atoms with Crippen LogP contribution in [0.5, 0.6) is 0 Å². The van der Waals surface area contributed by atoms with E-state index in [2.05, 4.69) is 4.98 Å². The molecule has 0 saturated carbocycles. The van der Waals surface area contributed by atoms with Crippen LogP contribution in [0.25, 0.3) is 11.1 Å². The first-order valence-corrected chi connectivity index (χ1v) is 8.67. The van der Waals surface area contributed by atoms with Gasteiger partial charge in [-0.3, -0.25) is 4.90 Å². The number of aromatic nitrogens is 1. The standard InChI is InChI=1S/C20H14ClF4N3O/c21-17-6-5-15(9-16(17)20(23,24)25)28(19(26)29)11-12-2-1-3-13(8-12)14-4-7-18(22)27-10-14/h1-10H,11H2,(H2,26,29).